The van der Waals surface area contributed by atoms with E-state index in [9.17, 15) is 22.7 Å². The monoisotopic (exact) mass is 440 g/mol. The minimum Gasteiger partial charge on any atom is -0.870 e. The Morgan fingerprint density at radius 2 is 1.59 bits per heavy atom. The minimum absolute atomic E-state index is 0. The van der Waals surface area contributed by atoms with Gasteiger partial charge >= 0.3 is 29.6 Å². The first-order chi connectivity index (χ1) is 12.7. The van der Waals surface area contributed by atoms with Crippen LogP contribution >= 0.6 is 11.6 Å². The first-order valence-corrected chi connectivity index (χ1v) is 8.36. The molecule has 1 aliphatic heterocycles. The molecule has 2 atom stereocenters. The summed E-state index contributed by atoms with van der Waals surface area (Å²) in [7, 11) is 0. The third-order valence-electron chi connectivity index (χ3n) is 4.15. The topological polar surface area (TPSA) is 62.8 Å². The van der Waals surface area contributed by atoms with Crippen molar-refractivity contribution < 1.29 is 62.4 Å². The van der Waals surface area contributed by atoms with Crippen molar-refractivity contribution in [3.8, 4) is 0 Å². The number of benzene rings is 2. The summed E-state index contributed by atoms with van der Waals surface area (Å²) in [6.07, 6.45) is 2.57. The molecule has 0 radical (unpaired) electrons. The summed E-state index contributed by atoms with van der Waals surface area (Å²) in [6.45, 7) is 7.23. The normalized spacial score (nSPS) is 18.7. The van der Waals surface area contributed by atoms with Crippen LogP contribution in [0.3, 0.4) is 0 Å². The van der Waals surface area contributed by atoms with Crippen LogP contribution in [0.5, 0.6) is 0 Å². The number of epoxide rings is 1. The number of halogens is 5. The third kappa shape index (κ3) is 5.92. The molecule has 3 nitrogen and oxygen atoms in total. The Hall–Kier alpha value is -1.19. The molecule has 2 unspecified atom stereocenters. The number of hydrogen-bond acceptors (Lipinski definition) is 3. The molecule has 0 spiro atoms. The fourth-order valence-corrected chi connectivity index (χ4v) is 2.62. The van der Waals surface area contributed by atoms with Gasteiger partial charge in [0.1, 0.15) is 11.2 Å². The number of aliphatic hydroxyl groups is 1. The van der Waals surface area contributed by atoms with Crippen molar-refractivity contribution in [2.75, 3.05) is 12.5 Å². The average molecular weight is 441 g/mol. The number of ether oxygens (including phenoxy) is 1. The smallest absolute Gasteiger partial charge is 0.870 e. The van der Waals surface area contributed by atoms with Gasteiger partial charge in [-0.05, 0) is 12.1 Å². The van der Waals surface area contributed by atoms with Gasteiger partial charge in [0.25, 0.3) is 0 Å². The zero-order chi connectivity index (χ0) is 20.2. The second kappa shape index (κ2) is 11.3. The van der Waals surface area contributed by atoms with Gasteiger partial charge in [0.05, 0.1) is 12.5 Å². The van der Waals surface area contributed by atoms with Crippen LogP contribution in [-0.4, -0.2) is 23.1 Å². The van der Waals surface area contributed by atoms with Gasteiger partial charge in [-0.1, -0.05) is 49.6 Å². The Labute approximate surface area is 193 Å². The van der Waals surface area contributed by atoms with E-state index in [2.05, 4.69) is 13.2 Å². The van der Waals surface area contributed by atoms with Crippen molar-refractivity contribution in [2.24, 2.45) is 0 Å². The Bertz CT molecular complexity index is 862. The molecule has 0 bridgehead atoms. The van der Waals surface area contributed by atoms with Gasteiger partial charge in [-0.3, -0.25) is 0 Å². The predicted octanol–water partition coefficient (Wildman–Crippen LogP) is 1.78. The summed E-state index contributed by atoms with van der Waals surface area (Å²) in [5.41, 5.74) is -2.50. The molecule has 152 valence electrons. The van der Waals surface area contributed by atoms with E-state index >= 15 is 0 Å². The zero-order valence-electron chi connectivity index (χ0n) is 15.6. The summed E-state index contributed by atoms with van der Waals surface area (Å²) in [5.74, 6) is -4.10. The molecule has 9 heteroatoms. The van der Waals surface area contributed by atoms with Crippen LogP contribution in [-0.2, 0) is 15.9 Å². The van der Waals surface area contributed by atoms with Gasteiger partial charge in [-0.25, -0.2) is 17.6 Å². The summed E-state index contributed by atoms with van der Waals surface area (Å²) < 4.78 is 57.1. The Morgan fingerprint density at radius 1 is 1.07 bits per heavy atom. The second-order valence-electron chi connectivity index (χ2n) is 5.85. The maximum Gasteiger partial charge on any atom is 1.00 e. The molecule has 0 saturated carbocycles. The second-order valence-corrected chi connectivity index (χ2v) is 6.11. The van der Waals surface area contributed by atoms with Crippen molar-refractivity contribution in [3.63, 3.8) is 0 Å². The van der Waals surface area contributed by atoms with Gasteiger partial charge in [-0.15, -0.1) is 11.6 Å². The van der Waals surface area contributed by atoms with Crippen LogP contribution < -0.4 is 29.6 Å². The van der Waals surface area contributed by atoms with E-state index < -0.39 is 34.5 Å². The molecule has 0 aliphatic carbocycles. The zero-order valence-corrected chi connectivity index (χ0v) is 18.4. The standard InChI is InChI=1S/C10H9ClF2O.C10H8F2O.Na.H2O/c1-2-10(14,6-11)7-4-3-5-8(12)9(7)13;1-2-10(6-13-10)7-4-3-5-8(11)9(7)12;;/h2-5,14H,1,6H2;2-5H,1,6H2;;1H2/q;;+1;/p-1. The fraction of sp³-hybridized carbons (Fsp3) is 0.200. The molecule has 0 amide bonds. The van der Waals surface area contributed by atoms with Crippen molar-refractivity contribution in [2.45, 2.75) is 11.2 Å². The van der Waals surface area contributed by atoms with Gasteiger partial charge in [0.15, 0.2) is 23.3 Å². The van der Waals surface area contributed by atoms with Crippen LogP contribution in [0.2, 0.25) is 0 Å². The average Bonchev–Trinajstić information content (AvgIpc) is 3.47. The van der Waals surface area contributed by atoms with Crippen molar-refractivity contribution >= 4 is 11.6 Å². The molecular weight excluding hydrogens is 423 g/mol. The van der Waals surface area contributed by atoms with E-state index in [1.54, 1.807) is 0 Å². The molecule has 0 aromatic heterocycles. The Balaban J connectivity index is 0.000000506. The molecule has 2 N–H and O–H groups in total. The minimum atomic E-state index is -1.73. The predicted molar refractivity (Wildman–Crippen MR) is 97.3 cm³/mol. The van der Waals surface area contributed by atoms with Crippen molar-refractivity contribution in [3.05, 3.63) is 96.1 Å². The van der Waals surface area contributed by atoms with Gasteiger partial charge in [0.2, 0.25) is 0 Å². The summed E-state index contributed by atoms with van der Waals surface area (Å²) in [4.78, 5) is 0. The van der Waals surface area contributed by atoms with E-state index in [0.717, 1.165) is 18.2 Å². The molecule has 1 aliphatic rings. The SMILES string of the molecule is C=CC(O)(CCl)c1cccc(F)c1F.C=CC1(c2cccc(F)c2F)CO1.[Na+].[OH-]. The number of hydrogen-bond donors (Lipinski definition) is 1. The van der Waals surface area contributed by atoms with Crippen LogP contribution in [0.15, 0.2) is 61.7 Å². The third-order valence-corrected chi connectivity index (χ3v) is 4.56. The molecule has 2 aromatic rings. The van der Waals surface area contributed by atoms with Gasteiger partial charge < -0.3 is 15.3 Å². The summed E-state index contributed by atoms with van der Waals surface area (Å²) in [5, 5.41) is 9.75. The van der Waals surface area contributed by atoms with Crippen LogP contribution in [0.4, 0.5) is 17.6 Å². The number of alkyl halides is 1. The van der Waals surface area contributed by atoms with E-state index in [1.807, 2.05) is 0 Å². The molecule has 1 saturated heterocycles. The van der Waals surface area contributed by atoms with E-state index in [0.29, 0.717) is 6.61 Å². The Kier molecular flexibility index (Phi) is 10.8. The molecule has 2 aromatic carbocycles. The molecule has 3 rings (SSSR count). The van der Waals surface area contributed by atoms with Gasteiger partial charge in [-0.2, -0.15) is 0 Å². The van der Waals surface area contributed by atoms with Crippen LogP contribution in [0.25, 0.3) is 0 Å². The Morgan fingerprint density at radius 3 is 2.03 bits per heavy atom. The van der Waals surface area contributed by atoms with Crippen LogP contribution in [0.1, 0.15) is 11.1 Å². The summed E-state index contributed by atoms with van der Waals surface area (Å²) in [6, 6.07) is 7.58. The molecule has 29 heavy (non-hydrogen) atoms. The summed E-state index contributed by atoms with van der Waals surface area (Å²) >= 11 is 5.46. The first kappa shape index (κ1) is 27.8. The van der Waals surface area contributed by atoms with Gasteiger partial charge in [0, 0.05) is 11.1 Å². The molecular formula is C20H18ClF4NaO3. The van der Waals surface area contributed by atoms with E-state index in [4.69, 9.17) is 16.3 Å². The van der Waals surface area contributed by atoms with Crippen molar-refractivity contribution in [1.29, 1.82) is 0 Å². The van der Waals surface area contributed by atoms with E-state index in [1.165, 1.54) is 30.3 Å². The fourth-order valence-electron chi connectivity index (χ4n) is 2.37. The first-order valence-electron chi connectivity index (χ1n) is 7.83. The largest absolute Gasteiger partial charge is 1.00 e. The number of rotatable bonds is 5. The van der Waals surface area contributed by atoms with Crippen LogP contribution in [0, 0.1) is 23.3 Å². The maximum atomic E-state index is 13.2. The van der Waals surface area contributed by atoms with Crippen molar-refractivity contribution in [1.82, 2.24) is 0 Å². The van der Waals surface area contributed by atoms with E-state index in [-0.39, 0.29) is 52.0 Å². The quantitative estimate of drug-likeness (QED) is 0.253. The molecule has 1 fully saturated rings. The maximum absolute atomic E-state index is 13.2. The molecule has 1 heterocycles.